The van der Waals surface area contributed by atoms with E-state index in [1.807, 2.05) is 0 Å². The van der Waals surface area contributed by atoms with Gasteiger partial charge in [0.15, 0.2) is 0 Å². The van der Waals surface area contributed by atoms with Gasteiger partial charge in [-0.2, -0.15) is 0 Å². The van der Waals surface area contributed by atoms with Crippen molar-refractivity contribution in [1.29, 1.82) is 0 Å². The average Bonchev–Trinajstić information content (AvgIpc) is 2.40. The third-order valence-corrected chi connectivity index (χ3v) is 3.74. The predicted molar refractivity (Wildman–Crippen MR) is 74.6 cm³/mol. The Balaban J connectivity index is 1.88. The number of hydrogen-bond donors (Lipinski definition) is 1. The van der Waals surface area contributed by atoms with Crippen LogP contribution in [0.3, 0.4) is 0 Å². The van der Waals surface area contributed by atoms with Crippen LogP contribution in [-0.2, 0) is 6.42 Å². The summed E-state index contributed by atoms with van der Waals surface area (Å²) in [7, 11) is 0. The van der Waals surface area contributed by atoms with Crippen molar-refractivity contribution < 1.29 is 0 Å². The minimum absolute atomic E-state index is 0.657. The van der Waals surface area contributed by atoms with Gasteiger partial charge in [0.2, 0.25) is 0 Å². The molecule has 0 atom stereocenters. The number of likely N-dealkylation sites (tertiary alicyclic amines) is 1. The summed E-state index contributed by atoms with van der Waals surface area (Å²) in [5.74, 6) is 0. The maximum atomic E-state index is 3.67. The molecule has 1 aromatic rings. The molecule has 1 fully saturated rings. The van der Waals surface area contributed by atoms with Gasteiger partial charge in [0, 0.05) is 24.8 Å². The van der Waals surface area contributed by atoms with Crippen molar-refractivity contribution in [2.24, 2.45) is 0 Å². The van der Waals surface area contributed by atoms with Gasteiger partial charge in [0.25, 0.3) is 0 Å². The lowest BCUT2D eigenvalue weighted by molar-refractivity contribution is 0.229. The van der Waals surface area contributed by atoms with Gasteiger partial charge >= 0.3 is 0 Å². The molecule has 2 heteroatoms. The zero-order valence-corrected chi connectivity index (χ0v) is 11.1. The van der Waals surface area contributed by atoms with E-state index in [0.717, 1.165) is 6.42 Å². The average molecular weight is 232 g/mol. The molecular weight excluding hydrogens is 208 g/mol. The van der Waals surface area contributed by atoms with Gasteiger partial charge in [-0.1, -0.05) is 26.0 Å². The first-order chi connectivity index (χ1) is 8.31. The summed E-state index contributed by atoms with van der Waals surface area (Å²) >= 11 is 0. The Labute approximate surface area is 105 Å². The Morgan fingerprint density at radius 3 is 2.65 bits per heavy atom. The number of benzene rings is 1. The highest BCUT2D eigenvalue weighted by Crippen LogP contribution is 2.17. The molecule has 0 aliphatic carbocycles. The Bertz CT molecular complexity index is 341. The van der Waals surface area contributed by atoms with Crippen LogP contribution in [-0.4, -0.2) is 30.6 Å². The third kappa shape index (κ3) is 3.47. The summed E-state index contributed by atoms with van der Waals surface area (Å²) in [6, 6.07) is 9.48. The van der Waals surface area contributed by atoms with E-state index in [4.69, 9.17) is 0 Å². The van der Waals surface area contributed by atoms with Gasteiger partial charge in [-0.15, -0.1) is 0 Å². The quantitative estimate of drug-likeness (QED) is 0.858. The number of hydrogen-bond acceptors (Lipinski definition) is 2. The topological polar surface area (TPSA) is 15.3 Å². The summed E-state index contributed by atoms with van der Waals surface area (Å²) in [6.07, 6.45) is 3.65. The molecule has 1 aromatic carbocycles. The lowest BCUT2D eigenvalue weighted by atomic mass is 10.0. The number of rotatable bonds is 4. The van der Waals surface area contributed by atoms with Crippen molar-refractivity contribution in [3.8, 4) is 0 Å². The maximum Gasteiger partial charge on any atom is 0.0345 e. The Hall–Kier alpha value is -1.02. The lowest BCUT2D eigenvalue weighted by Gasteiger charge is -2.32. The fourth-order valence-electron chi connectivity index (χ4n) is 2.51. The minimum atomic E-state index is 0.657. The van der Waals surface area contributed by atoms with E-state index in [1.165, 1.54) is 43.7 Å². The normalized spacial score (nSPS) is 18.2. The monoisotopic (exact) mass is 232 g/mol. The van der Waals surface area contributed by atoms with Crippen LogP contribution in [0.1, 0.15) is 32.3 Å². The van der Waals surface area contributed by atoms with Gasteiger partial charge in [-0.25, -0.2) is 0 Å². The Morgan fingerprint density at radius 1 is 1.24 bits per heavy atom. The number of aryl methyl sites for hydroxylation is 1. The van der Waals surface area contributed by atoms with E-state index in [1.54, 1.807) is 0 Å². The van der Waals surface area contributed by atoms with E-state index in [2.05, 4.69) is 48.3 Å². The molecular formula is C15H24N2. The summed E-state index contributed by atoms with van der Waals surface area (Å²) in [6.45, 7) is 8.12. The van der Waals surface area contributed by atoms with E-state index >= 15 is 0 Å². The van der Waals surface area contributed by atoms with Gasteiger partial charge in [0.05, 0.1) is 0 Å². The first-order valence-electron chi connectivity index (χ1n) is 6.89. The molecule has 0 saturated carbocycles. The van der Waals surface area contributed by atoms with Crippen molar-refractivity contribution in [1.82, 2.24) is 4.90 Å². The van der Waals surface area contributed by atoms with Crippen LogP contribution < -0.4 is 5.32 Å². The Morgan fingerprint density at radius 2 is 2.00 bits per heavy atom. The first-order valence-corrected chi connectivity index (χ1v) is 6.89. The lowest BCUT2D eigenvalue weighted by Crippen LogP contribution is -2.38. The van der Waals surface area contributed by atoms with Gasteiger partial charge in [-0.05, 0) is 43.5 Å². The fourth-order valence-corrected chi connectivity index (χ4v) is 2.51. The summed E-state index contributed by atoms with van der Waals surface area (Å²) < 4.78 is 0. The second kappa shape index (κ2) is 6.06. The van der Waals surface area contributed by atoms with E-state index < -0.39 is 0 Å². The number of nitrogens with zero attached hydrogens (tertiary/aromatic N) is 1. The van der Waals surface area contributed by atoms with E-state index in [9.17, 15) is 0 Å². The summed E-state index contributed by atoms with van der Waals surface area (Å²) in [5.41, 5.74) is 2.71. The molecule has 0 spiro atoms. The predicted octanol–water partition coefficient (Wildman–Crippen LogP) is 3.15. The number of nitrogens with one attached hydrogen (secondary N) is 1. The van der Waals surface area contributed by atoms with Crippen LogP contribution in [0.15, 0.2) is 24.3 Å². The van der Waals surface area contributed by atoms with Gasteiger partial charge < -0.3 is 10.2 Å². The highest BCUT2D eigenvalue weighted by molar-refractivity contribution is 5.46. The van der Waals surface area contributed by atoms with Crippen LogP contribution in [0.5, 0.6) is 0 Å². The van der Waals surface area contributed by atoms with E-state index in [-0.39, 0.29) is 0 Å². The highest BCUT2D eigenvalue weighted by Gasteiger charge is 2.17. The first kappa shape index (κ1) is 12.4. The highest BCUT2D eigenvalue weighted by atomic mass is 15.1. The van der Waals surface area contributed by atoms with Crippen LogP contribution in [0.4, 0.5) is 5.69 Å². The van der Waals surface area contributed by atoms with Crippen LogP contribution in [0, 0.1) is 0 Å². The molecule has 2 nitrogen and oxygen atoms in total. The molecule has 1 saturated heterocycles. The molecule has 2 rings (SSSR count). The molecule has 1 heterocycles. The SMILES string of the molecule is CCc1cccc(NC2CCN(CC)CC2)c1. The zero-order chi connectivity index (χ0) is 12.1. The van der Waals surface area contributed by atoms with Crippen LogP contribution in [0.2, 0.25) is 0 Å². The summed E-state index contributed by atoms with van der Waals surface area (Å²) in [4.78, 5) is 2.53. The smallest absolute Gasteiger partial charge is 0.0345 e. The zero-order valence-electron chi connectivity index (χ0n) is 11.1. The molecule has 1 aliphatic rings. The van der Waals surface area contributed by atoms with Crippen LogP contribution in [0.25, 0.3) is 0 Å². The molecule has 0 aromatic heterocycles. The summed E-state index contributed by atoms with van der Waals surface area (Å²) in [5, 5.41) is 3.67. The second-order valence-electron chi connectivity index (χ2n) is 4.91. The molecule has 17 heavy (non-hydrogen) atoms. The molecule has 1 aliphatic heterocycles. The minimum Gasteiger partial charge on any atom is -0.382 e. The molecule has 0 amide bonds. The second-order valence-corrected chi connectivity index (χ2v) is 4.91. The third-order valence-electron chi connectivity index (χ3n) is 3.74. The fraction of sp³-hybridized carbons (Fsp3) is 0.600. The van der Waals surface area contributed by atoms with Crippen molar-refractivity contribution in [3.63, 3.8) is 0 Å². The number of anilines is 1. The Kier molecular flexibility index (Phi) is 4.43. The molecule has 0 unspecified atom stereocenters. The molecule has 1 N–H and O–H groups in total. The molecule has 0 bridgehead atoms. The molecule has 0 radical (unpaired) electrons. The standard InChI is InChI=1S/C15H24N2/c1-3-13-6-5-7-15(12-13)16-14-8-10-17(4-2)11-9-14/h5-7,12,14,16H,3-4,8-11H2,1-2H3. The van der Waals surface area contributed by atoms with E-state index in [0.29, 0.717) is 6.04 Å². The van der Waals surface area contributed by atoms with Gasteiger partial charge in [-0.3, -0.25) is 0 Å². The van der Waals surface area contributed by atoms with Gasteiger partial charge in [0.1, 0.15) is 0 Å². The van der Waals surface area contributed by atoms with Crippen molar-refractivity contribution in [2.75, 3.05) is 25.0 Å². The number of piperidine rings is 1. The maximum absolute atomic E-state index is 3.67. The van der Waals surface area contributed by atoms with Crippen molar-refractivity contribution in [2.45, 2.75) is 39.2 Å². The largest absolute Gasteiger partial charge is 0.382 e. The van der Waals surface area contributed by atoms with Crippen molar-refractivity contribution in [3.05, 3.63) is 29.8 Å². The molecule has 94 valence electrons. The van der Waals surface area contributed by atoms with Crippen molar-refractivity contribution >= 4 is 5.69 Å². The van der Waals surface area contributed by atoms with Crippen LogP contribution >= 0.6 is 0 Å².